The molecule has 0 saturated carbocycles. The molecule has 0 radical (unpaired) electrons. The molecule has 0 bridgehead atoms. The van der Waals surface area contributed by atoms with Crippen LogP contribution < -0.4 is 10.2 Å². The first-order valence-corrected chi connectivity index (χ1v) is 4.89. The van der Waals surface area contributed by atoms with E-state index in [9.17, 15) is 10.1 Å². The lowest BCUT2D eigenvalue weighted by Crippen LogP contribution is -3.06. The molecule has 1 aromatic rings. The van der Waals surface area contributed by atoms with E-state index < -0.39 is 0 Å². The summed E-state index contributed by atoms with van der Waals surface area (Å²) in [4.78, 5) is 15.5. The number of benzene rings is 1. The summed E-state index contributed by atoms with van der Waals surface area (Å²) in [5.74, 6) is 0.987. The van der Waals surface area contributed by atoms with Gasteiger partial charge in [0.2, 0.25) is 5.84 Å². The number of anilines is 1. The van der Waals surface area contributed by atoms with Crippen molar-refractivity contribution in [1.29, 1.82) is 0 Å². The standard InChI is InChI=1S/C10H8N4O2/c15-14(16)7-1-2-9-8(5-7)12-6-10-11-3-4-13(9)10/h1-5,12H,6H2/p+1. The van der Waals surface area contributed by atoms with Gasteiger partial charge in [0, 0.05) is 18.2 Å². The van der Waals surface area contributed by atoms with E-state index in [1.54, 1.807) is 18.3 Å². The summed E-state index contributed by atoms with van der Waals surface area (Å²) in [5.41, 5.74) is 1.88. The molecule has 6 heteroatoms. The van der Waals surface area contributed by atoms with Crippen molar-refractivity contribution in [2.24, 2.45) is 4.99 Å². The number of quaternary nitrogens is 1. The summed E-state index contributed by atoms with van der Waals surface area (Å²) < 4.78 is 0. The molecule has 1 unspecified atom stereocenters. The van der Waals surface area contributed by atoms with Crippen molar-refractivity contribution in [3.8, 4) is 0 Å². The van der Waals surface area contributed by atoms with Crippen molar-refractivity contribution in [1.82, 2.24) is 0 Å². The van der Waals surface area contributed by atoms with Crippen LogP contribution >= 0.6 is 0 Å². The van der Waals surface area contributed by atoms with Crippen LogP contribution in [0.4, 0.5) is 17.1 Å². The Labute approximate surface area is 91.0 Å². The molecule has 16 heavy (non-hydrogen) atoms. The largest absolute Gasteiger partial charge is 0.369 e. The molecule has 2 aliphatic rings. The Morgan fingerprint density at radius 3 is 3.19 bits per heavy atom. The molecule has 0 amide bonds. The van der Waals surface area contributed by atoms with Crippen LogP contribution in [-0.4, -0.2) is 17.3 Å². The second-order valence-corrected chi connectivity index (χ2v) is 3.65. The second-order valence-electron chi connectivity index (χ2n) is 3.65. The topological polar surface area (TPSA) is 72.0 Å². The molecule has 3 rings (SSSR count). The van der Waals surface area contributed by atoms with Crippen molar-refractivity contribution in [3.63, 3.8) is 0 Å². The number of nitrogens with zero attached hydrogens (tertiary/aromatic N) is 2. The average Bonchev–Trinajstić information content (AvgIpc) is 2.76. The fraction of sp³-hybridized carbons (Fsp3) is 0.100. The first-order valence-electron chi connectivity index (χ1n) is 4.89. The number of nitro groups is 1. The monoisotopic (exact) mass is 217 g/mol. The van der Waals surface area contributed by atoms with Gasteiger partial charge in [0.25, 0.3) is 5.69 Å². The van der Waals surface area contributed by atoms with E-state index in [-0.39, 0.29) is 10.6 Å². The molecule has 0 saturated heterocycles. The summed E-state index contributed by atoms with van der Waals surface area (Å²) in [5, 5.41) is 13.8. The quantitative estimate of drug-likeness (QED) is 0.529. The molecule has 0 aromatic heterocycles. The van der Waals surface area contributed by atoms with Gasteiger partial charge in [0.1, 0.15) is 18.4 Å². The number of hydrogen-bond acceptors (Lipinski definition) is 4. The normalized spacial score (nSPS) is 20.8. The number of non-ortho nitro benzene ring substituents is 1. The molecule has 2 aliphatic heterocycles. The lowest BCUT2D eigenvalue weighted by Gasteiger charge is -2.21. The van der Waals surface area contributed by atoms with Gasteiger partial charge >= 0.3 is 0 Å². The summed E-state index contributed by atoms with van der Waals surface area (Å²) in [6.07, 6.45) is 3.68. The minimum atomic E-state index is -0.388. The first-order chi connectivity index (χ1) is 7.75. The van der Waals surface area contributed by atoms with E-state index in [4.69, 9.17) is 0 Å². The third-order valence-electron chi connectivity index (χ3n) is 2.73. The lowest BCUT2D eigenvalue weighted by molar-refractivity contribution is -0.664. The van der Waals surface area contributed by atoms with Crippen molar-refractivity contribution < 1.29 is 9.82 Å². The highest BCUT2D eigenvalue weighted by Gasteiger charge is 2.30. The van der Waals surface area contributed by atoms with Crippen LogP contribution in [0.15, 0.2) is 35.6 Å². The molecular formula is C10H9N4O2+. The second kappa shape index (κ2) is 3.14. The van der Waals surface area contributed by atoms with E-state index >= 15 is 0 Å². The maximum atomic E-state index is 10.6. The number of fused-ring (bicyclic) bond motifs is 3. The van der Waals surface area contributed by atoms with Crippen LogP contribution in [0.3, 0.4) is 0 Å². The highest BCUT2D eigenvalue weighted by atomic mass is 16.6. The molecule has 0 aliphatic carbocycles. The minimum absolute atomic E-state index is 0.106. The van der Waals surface area contributed by atoms with Gasteiger partial charge in [-0.1, -0.05) is 0 Å². The maximum Gasteiger partial charge on any atom is 0.271 e. The van der Waals surface area contributed by atoms with E-state index in [0.29, 0.717) is 6.54 Å². The third-order valence-corrected chi connectivity index (χ3v) is 2.73. The number of rotatable bonds is 1. The van der Waals surface area contributed by atoms with Crippen LogP contribution in [0.1, 0.15) is 0 Å². The molecule has 1 atom stereocenters. The lowest BCUT2D eigenvalue weighted by atomic mass is 10.2. The number of nitrogens with one attached hydrogen (secondary N) is 2. The van der Waals surface area contributed by atoms with Crippen molar-refractivity contribution >= 4 is 22.9 Å². The summed E-state index contributed by atoms with van der Waals surface area (Å²) >= 11 is 0. The zero-order valence-corrected chi connectivity index (χ0v) is 8.30. The van der Waals surface area contributed by atoms with Gasteiger partial charge in [-0.2, -0.15) is 0 Å². The molecule has 2 N–H and O–H groups in total. The predicted octanol–water partition coefficient (Wildman–Crippen LogP) is 0.420. The Bertz CT molecular complexity index is 536. The van der Waals surface area contributed by atoms with Gasteiger partial charge < -0.3 is 5.32 Å². The minimum Gasteiger partial charge on any atom is -0.369 e. The van der Waals surface area contributed by atoms with Crippen LogP contribution in [0.25, 0.3) is 0 Å². The Morgan fingerprint density at radius 1 is 1.50 bits per heavy atom. The molecule has 1 aromatic carbocycles. The summed E-state index contributed by atoms with van der Waals surface area (Å²) in [6, 6.07) is 4.84. The maximum absolute atomic E-state index is 10.6. The molecule has 0 spiro atoms. The van der Waals surface area contributed by atoms with E-state index in [2.05, 4.69) is 10.3 Å². The number of hydrogen-bond donors (Lipinski definition) is 2. The zero-order chi connectivity index (χ0) is 11.1. The smallest absolute Gasteiger partial charge is 0.271 e. The molecule has 6 nitrogen and oxygen atoms in total. The molecule has 0 fully saturated rings. The summed E-state index contributed by atoms with van der Waals surface area (Å²) in [6.45, 7) is 0.622. The van der Waals surface area contributed by atoms with Gasteiger partial charge in [-0.3, -0.25) is 10.1 Å². The van der Waals surface area contributed by atoms with Gasteiger partial charge in [-0.15, -0.1) is 0 Å². The van der Waals surface area contributed by atoms with E-state index in [1.165, 1.54) is 6.07 Å². The molecule has 2 heterocycles. The predicted molar refractivity (Wildman–Crippen MR) is 58.8 cm³/mol. The first kappa shape index (κ1) is 9.05. The Kier molecular flexibility index (Phi) is 1.78. The van der Waals surface area contributed by atoms with Gasteiger partial charge in [-0.25, -0.2) is 9.89 Å². The highest BCUT2D eigenvalue weighted by Crippen LogP contribution is 2.26. The SMILES string of the molecule is O=[N+]([O-])c1ccc2c(c1)NCC1=NC=C[NH+]12. The van der Waals surface area contributed by atoms with Crippen LogP contribution in [-0.2, 0) is 0 Å². The number of amidine groups is 1. The fourth-order valence-corrected chi connectivity index (χ4v) is 1.96. The van der Waals surface area contributed by atoms with Crippen LogP contribution in [0, 0.1) is 10.1 Å². The number of aliphatic imine (C=N–C) groups is 1. The molecule has 80 valence electrons. The van der Waals surface area contributed by atoms with Crippen molar-refractivity contribution in [3.05, 3.63) is 40.7 Å². The van der Waals surface area contributed by atoms with Gasteiger partial charge in [-0.05, 0) is 0 Å². The molecular weight excluding hydrogens is 208 g/mol. The van der Waals surface area contributed by atoms with Crippen molar-refractivity contribution in [2.75, 3.05) is 11.9 Å². The van der Waals surface area contributed by atoms with E-state index in [1.807, 2.05) is 6.20 Å². The fourth-order valence-electron chi connectivity index (χ4n) is 1.96. The van der Waals surface area contributed by atoms with Crippen LogP contribution in [0.2, 0.25) is 0 Å². The van der Waals surface area contributed by atoms with Crippen LogP contribution in [0.5, 0.6) is 0 Å². The Hall–Kier alpha value is -2.21. The Balaban J connectivity index is 2.09. The highest BCUT2D eigenvalue weighted by molar-refractivity contribution is 5.88. The zero-order valence-electron chi connectivity index (χ0n) is 8.30. The van der Waals surface area contributed by atoms with Gasteiger partial charge in [0.05, 0.1) is 11.1 Å². The van der Waals surface area contributed by atoms with Crippen molar-refractivity contribution in [2.45, 2.75) is 0 Å². The van der Waals surface area contributed by atoms with E-state index in [0.717, 1.165) is 22.1 Å². The average molecular weight is 217 g/mol. The third kappa shape index (κ3) is 1.20. The summed E-state index contributed by atoms with van der Waals surface area (Å²) in [7, 11) is 0. The number of nitro benzene ring substituents is 1. The van der Waals surface area contributed by atoms with Gasteiger partial charge in [0.15, 0.2) is 5.69 Å². The Morgan fingerprint density at radius 2 is 2.38 bits per heavy atom.